The molecular weight excluding hydrogens is 475 g/mol. The molecule has 1 saturated carbocycles. The molecule has 0 aromatic heterocycles. The zero-order valence-corrected chi connectivity index (χ0v) is 21.6. The molecule has 1 aliphatic rings. The van der Waals surface area contributed by atoms with Crippen LogP contribution in [0.5, 0.6) is 0 Å². The van der Waals surface area contributed by atoms with Crippen molar-refractivity contribution in [2.75, 3.05) is 5.75 Å². The maximum absolute atomic E-state index is 13.3. The molecule has 1 N–H and O–H groups in total. The van der Waals surface area contributed by atoms with Crippen molar-refractivity contribution in [1.82, 2.24) is 10.2 Å². The van der Waals surface area contributed by atoms with Gasteiger partial charge in [-0.25, -0.2) is 0 Å². The first kappa shape index (κ1) is 25.9. The number of halogens is 2. The smallest absolute Gasteiger partial charge is 0.242 e. The van der Waals surface area contributed by atoms with E-state index in [-0.39, 0.29) is 23.6 Å². The molecule has 1 atom stereocenters. The minimum Gasteiger partial charge on any atom is -0.352 e. The number of nitrogens with zero attached hydrogens (tertiary/aromatic N) is 1. The van der Waals surface area contributed by atoms with Gasteiger partial charge in [0.2, 0.25) is 11.8 Å². The largest absolute Gasteiger partial charge is 0.352 e. The van der Waals surface area contributed by atoms with Gasteiger partial charge >= 0.3 is 0 Å². The molecule has 0 aliphatic heterocycles. The Morgan fingerprint density at radius 3 is 2.52 bits per heavy atom. The number of amides is 2. The Hall–Kier alpha value is -1.69. The van der Waals surface area contributed by atoms with E-state index in [1.807, 2.05) is 44.2 Å². The van der Waals surface area contributed by atoms with E-state index < -0.39 is 6.04 Å². The van der Waals surface area contributed by atoms with Crippen molar-refractivity contribution >= 4 is 46.8 Å². The van der Waals surface area contributed by atoms with Gasteiger partial charge in [-0.05, 0) is 55.5 Å². The van der Waals surface area contributed by atoms with Crippen molar-refractivity contribution in [1.29, 1.82) is 0 Å². The number of thioether (sulfide) groups is 1. The predicted octanol–water partition coefficient (Wildman–Crippen LogP) is 6.40. The van der Waals surface area contributed by atoms with Crippen molar-refractivity contribution in [3.63, 3.8) is 0 Å². The van der Waals surface area contributed by atoms with Crippen molar-refractivity contribution < 1.29 is 9.59 Å². The number of nitrogens with one attached hydrogen (secondary N) is 1. The van der Waals surface area contributed by atoms with Crippen LogP contribution in [-0.2, 0) is 21.9 Å². The highest BCUT2D eigenvalue weighted by molar-refractivity contribution is 7.99. The van der Waals surface area contributed by atoms with Crippen molar-refractivity contribution in [3.05, 3.63) is 69.2 Å². The summed E-state index contributed by atoms with van der Waals surface area (Å²) in [4.78, 5) is 28.1. The van der Waals surface area contributed by atoms with E-state index in [1.54, 1.807) is 17.0 Å². The molecule has 4 nitrogen and oxygen atoms in total. The second-order valence-electron chi connectivity index (χ2n) is 8.70. The lowest BCUT2D eigenvalue weighted by molar-refractivity contribution is -0.139. The average Bonchev–Trinajstić information content (AvgIpc) is 2.80. The van der Waals surface area contributed by atoms with Gasteiger partial charge in [-0.2, -0.15) is 0 Å². The molecule has 33 heavy (non-hydrogen) atoms. The van der Waals surface area contributed by atoms with Gasteiger partial charge < -0.3 is 10.2 Å². The first-order valence-corrected chi connectivity index (χ1v) is 13.4. The van der Waals surface area contributed by atoms with Crippen LogP contribution < -0.4 is 5.32 Å². The molecule has 2 aromatic carbocycles. The van der Waals surface area contributed by atoms with Gasteiger partial charge in [-0.3, -0.25) is 9.59 Å². The van der Waals surface area contributed by atoms with Crippen LogP contribution in [0, 0.1) is 6.92 Å². The maximum atomic E-state index is 13.3. The zero-order chi connectivity index (χ0) is 23.8. The number of rotatable bonds is 9. The number of benzene rings is 2. The molecule has 3 rings (SSSR count). The molecule has 1 aliphatic carbocycles. The van der Waals surface area contributed by atoms with E-state index in [1.165, 1.54) is 18.2 Å². The van der Waals surface area contributed by atoms with Crippen LogP contribution in [0.15, 0.2) is 42.5 Å². The lowest BCUT2D eigenvalue weighted by atomic mass is 9.95. The highest BCUT2D eigenvalue weighted by atomic mass is 35.5. The molecule has 2 aromatic rings. The first-order valence-electron chi connectivity index (χ1n) is 11.5. The van der Waals surface area contributed by atoms with Crippen LogP contribution in [0.3, 0.4) is 0 Å². The molecule has 0 spiro atoms. The van der Waals surface area contributed by atoms with Gasteiger partial charge in [0.1, 0.15) is 6.04 Å². The summed E-state index contributed by atoms with van der Waals surface area (Å²) in [6.07, 6.45) is 5.56. The molecule has 1 fully saturated rings. The Bertz CT molecular complexity index is 963. The van der Waals surface area contributed by atoms with Crippen LogP contribution in [-0.4, -0.2) is 34.6 Å². The lowest BCUT2D eigenvalue weighted by Gasteiger charge is -2.31. The number of aryl methyl sites for hydroxylation is 1. The van der Waals surface area contributed by atoms with Gasteiger partial charge in [-0.1, -0.05) is 72.8 Å². The Kier molecular flexibility index (Phi) is 9.96. The number of carbonyl (C=O) groups excluding carboxylic acids is 2. The molecule has 0 radical (unpaired) electrons. The zero-order valence-electron chi connectivity index (χ0n) is 19.3. The van der Waals surface area contributed by atoms with E-state index >= 15 is 0 Å². The van der Waals surface area contributed by atoms with Gasteiger partial charge in [-0.15, -0.1) is 11.8 Å². The monoisotopic (exact) mass is 506 g/mol. The van der Waals surface area contributed by atoms with Crippen LogP contribution in [0.25, 0.3) is 0 Å². The lowest BCUT2D eigenvalue weighted by Crippen LogP contribution is -2.50. The minimum atomic E-state index is -0.543. The number of hydrogen-bond donors (Lipinski definition) is 1. The standard InChI is InChI=1S/C26H32Cl2N2O2S/c1-18-8-6-7-9-20(18)15-30(19(2)26(32)29-23-10-4-3-5-11-23)25(31)17-33-16-21-12-13-22(27)14-24(21)28/h6-9,12-14,19,23H,3-5,10-11,15-17H2,1-2H3,(H,29,32)/t19-/m0/s1. The fraction of sp³-hybridized carbons (Fsp3) is 0.462. The number of hydrogen-bond acceptors (Lipinski definition) is 3. The van der Waals surface area contributed by atoms with E-state index in [2.05, 4.69) is 5.32 Å². The molecule has 0 heterocycles. The molecule has 178 valence electrons. The quantitative estimate of drug-likeness (QED) is 0.427. The Balaban J connectivity index is 1.67. The minimum absolute atomic E-state index is 0.0559. The molecule has 7 heteroatoms. The highest BCUT2D eigenvalue weighted by Gasteiger charge is 2.28. The van der Waals surface area contributed by atoms with Crippen molar-refractivity contribution in [3.8, 4) is 0 Å². The van der Waals surface area contributed by atoms with E-state index in [4.69, 9.17) is 23.2 Å². The molecule has 2 amide bonds. The Morgan fingerprint density at radius 1 is 1.09 bits per heavy atom. The maximum Gasteiger partial charge on any atom is 0.242 e. The normalized spacial score (nSPS) is 15.2. The SMILES string of the molecule is Cc1ccccc1CN(C(=O)CSCc1ccc(Cl)cc1Cl)[C@@H](C)C(=O)NC1CCCCC1. The predicted molar refractivity (Wildman–Crippen MR) is 139 cm³/mol. The molecular formula is C26H32Cl2N2O2S. The Labute approximate surface area is 211 Å². The number of carbonyl (C=O) groups is 2. The fourth-order valence-electron chi connectivity index (χ4n) is 4.09. The van der Waals surface area contributed by atoms with Gasteiger partial charge in [0.15, 0.2) is 0 Å². The summed E-state index contributed by atoms with van der Waals surface area (Å²) in [7, 11) is 0. The summed E-state index contributed by atoms with van der Waals surface area (Å²) in [5, 5.41) is 4.37. The van der Waals surface area contributed by atoms with E-state index in [0.717, 1.165) is 42.4 Å². The summed E-state index contributed by atoms with van der Waals surface area (Å²) < 4.78 is 0. The summed E-state index contributed by atoms with van der Waals surface area (Å²) in [5.74, 6) is 0.739. The first-order chi connectivity index (χ1) is 15.8. The van der Waals surface area contributed by atoms with Crippen molar-refractivity contribution in [2.45, 2.75) is 70.3 Å². The van der Waals surface area contributed by atoms with Crippen LogP contribution in [0.4, 0.5) is 0 Å². The molecule has 0 unspecified atom stereocenters. The highest BCUT2D eigenvalue weighted by Crippen LogP contribution is 2.25. The second kappa shape index (κ2) is 12.7. The summed E-state index contributed by atoms with van der Waals surface area (Å²) >= 11 is 13.7. The third-order valence-electron chi connectivity index (χ3n) is 6.22. The molecule has 0 saturated heterocycles. The topological polar surface area (TPSA) is 49.4 Å². The van der Waals surface area contributed by atoms with Gasteiger partial charge in [0.25, 0.3) is 0 Å². The van der Waals surface area contributed by atoms with E-state index in [0.29, 0.717) is 22.3 Å². The van der Waals surface area contributed by atoms with Crippen LogP contribution in [0.2, 0.25) is 10.0 Å². The third-order valence-corrected chi connectivity index (χ3v) is 7.77. The Morgan fingerprint density at radius 2 is 1.82 bits per heavy atom. The van der Waals surface area contributed by atoms with Crippen LogP contribution >= 0.6 is 35.0 Å². The summed E-state index contributed by atoms with van der Waals surface area (Å²) in [6, 6.07) is 13.1. The molecule has 0 bridgehead atoms. The summed E-state index contributed by atoms with van der Waals surface area (Å²) in [5.41, 5.74) is 3.09. The van der Waals surface area contributed by atoms with E-state index in [9.17, 15) is 9.59 Å². The van der Waals surface area contributed by atoms with Gasteiger partial charge in [0, 0.05) is 28.4 Å². The van der Waals surface area contributed by atoms with Crippen LogP contribution in [0.1, 0.15) is 55.7 Å². The second-order valence-corrected chi connectivity index (χ2v) is 10.5. The third kappa shape index (κ3) is 7.66. The summed E-state index contributed by atoms with van der Waals surface area (Å²) in [6.45, 7) is 4.27. The fourth-order valence-corrected chi connectivity index (χ4v) is 5.56. The van der Waals surface area contributed by atoms with Gasteiger partial charge in [0.05, 0.1) is 5.75 Å². The average molecular weight is 508 g/mol. The van der Waals surface area contributed by atoms with Crippen molar-refractivity contribution in [2.24, 2.45) is 0 Å².